The number of rotatable bonds is 2. The Kier molecular flexibility index (Phi) is 1.26. The van der Waals surface area contributed by atoms with Gasteiger partial charge in [0, 0.05) is 18.4 Å². The maximum absolute atomic E-state index is 4.02. The summed E-state index contributed by atoms with van der Waals surface area (Å²) in [6.45, 7) is 2.26. The first kappa shape index (κ1) is 5.96. The maximum Gasteiger partial charge on any atom is 0.0948 e. The molecule has 0 aromatic carbocycles. The van der Waals surface area contributed by atoms with E-state index in [-0.39, 0.29) is 0 Å². The molecule has 1 aliphatic rings. The first-order valence-electron chi connectivity index (χ1n) is 3.85. The van der Waals surface area contributed by atoms with Crippen LogP contribution < -0.4 is 0 Å². The van der Waals surface area contributed by atoms with Crippen molar-refractivity contribution in [3.63, 3.8) is 0 Å². The van der Waals surface area contributed by atoms with E-state index >= 15 is 0 Å². The zero-order valence-corrected chi connectivity index (χ0v) is 6.20. The molecule has 0 saturated heterocycles. The van der Waals surface area contributed by atoms with E-state index in [9.17, 15) is 0 Å². The second kappa shape index (κ2) is 2.11. The predicted molar refractivity (Wildman–Crippen MR) is 39.7 cm³/mol. The van der Waals surface area contributed by atoms with Crippen molar-refractivity contribution in [3.05, 3.63) is 18.7 Å². The van der Waals surface area contributed by atoms with Crippen molar-refractivity contribution in [1.29, 1.82) is 0 Å². The molecule has 0 radical (unpaired) electrons. The molecule has 0 N–H and O–H groups in total. The molecule has 0 spiro atoms. The van der Waals surface area contributed by atoms with Gasteiger partial charge in [0.05, 0.1) is 6.33 Å². The van der Waals surface area contributed by atoms with Crippen molar-refractivity contribution in [3.8, 4) is 0 Å². The van der Waals surface area contributed by atoms with Gasteiger partial charge in [0.15, 0.2) is 0 Å². The fourth-order valence-electron chi connectivity index (χ4n) is 1.33. The molecule has 10 heavy (non-hydrogen) atoms. The van der Waals surface area contributed by atoms with Crippen molar-refractivity contribution in [2.45, 2.75) is 25.8 Å². The van der Waals surface area contributed by atoms with Gasteiger partial charge in [0.1, 0.15) is 0 Å². The van der Waals surface area contributed by atoms with E-state index in [0.717, 1.165) is 5.92 Å². The van der Waals surface area contributed by atoms with Crippen LogP contribution in [-0.2, 0) is 0 Å². The quantitative estimate of drug-likeness (QED) is 0.606. The zero-order valence-electron chi connectivity index (χ0n) is 6.20. The van der Waals surface area contributed by atoms with E-state index < -0.39 is 0 Å². The van der Waals surface area contributed by atoms with Crippen molar-refractivity contribution in [1.82, 2.24) is 9.55 Å². The standard InChI is InChI=1S/C8H12N2/c1-7(8-2-3-8)10-5-4-9-6-10/h4-8H,2-3H2,1H3/t7-/m1/s1. The highest BCUT2D eigenvalue weighted by Crippen LogP contribution is 2.38. The second-order valence-corrected chi connectivity index (χ2v) is 3.09. The van der Waals surface area contributed by atoms with E-state index in [1.165, 1.54) is 12.8 Å². The van der Waals surface area contributed by atoms with Gasteiger partial charge >= 0.3 is 0 Å². The third-order valence-electron chi connectivity index (χ3n) is 2.30. The topological polar surface area (TPSA) is 17.8 Å². The summed E-state index contributed by atoms with van der Waals surface area (Å²) in [6.07, 6.45) is 8.60. The molecule has 0 unspecified atom stereocenters. The predicted octanol–water partition coefficient (Wildman–Crippen LogP) is 1.85. The van der Waals surface area contributed by atoms with Gasteiger partial charge in [-0.25, -0.2) is 4.98 Å². The summed E-state index contributed by atoms with van der Waals surface area (Å²) in [5.41, 5.74) is 0. The molecule has 2 heteroatoms. The van der Waals surface area contributed by atoms with Gasteiger partial charge < -0.3 is 4.57 Å². The minimum absolute atomic E-state index is 0.669. The molecule has 2 nitrogen and oxygen atoms in total. The fourth-order valence-corrected chi connectivity index (χ4v) is 1.33. The molecule has 54 valence electrons. The van der Waals surface area contributed by atoms with Crippen LogP contribution in [0.1, 0.15) is 25.8 Å². The normalized spacial score (nSPS) is 20.9. The van der Waals surface area contributed by atoms with E-state index in [2.05, 4.69) is 16.5 Å². The molecule has 0 bridgehead atoms. The Hall–Kier alpha value is -0.790. The number of imidazole rings is 1. The average Bonchev–Trinajstić information content (AvgIpc) is 2.65. The molecule has 1 aromatic rings. The lowest BCUT2D eigenvalue weighted by Gasteiger charge is -2.09. The van der Waals surface area contributed by atoms with Crippen LogP contribution in [0.3, 0.4) is 0 Å². The van der Waals surface area contributed by atoms with E-state index in [0.29, 0.717) is 6.04 Å². The Morgan fingerprint density at radius 2 is 2.40 bits per heavy atom. The highest BCUT2D eigenvalue weighted by atomic mass is 15.1. The Morgan fingerprint density at radius 1 is 1.60 bits per heavy atom. The van der Waals surface area contributed by atoms with Crippen molar-refractivity contribution < 1.29 is 0 Å². The minimum Gasteiger partial charge on any atom is -0.334 e. The first-order chi connectivity index (χ1) is 4.88. The van der Waals surface area contributed by atoms with Crippen molar-refractivity contribution in [2.75, 3.05) is 0 Å². The second-order valence-electron chi connectivity index (χ2n) is 3.09. The van der Waals surface area contributed by atoms with E-state index in [1.807, 2.05) is 18.7 Å². The van der Waals surface area contributed by atoms with Crippen LogP contribution in [0.2, 0.25) is 0 Å². The van der Waals surface area contributed by atoms with Gasteiger partial charge in [0.2, 0.25) is 0 Å². The molecular weight excluding hydrogens is 124 g/mol. The van der Waals surface area contributed by atoms with Crippen LogP contribution in [0.4, 0.5) is 0 Å². The van der Waals surface area contributed by atoms with Gasteiger partial charge in [-0.3, -0.25) is 0 Å². The monoisotopic (exact) mass is 136 g/mol. The lowest BCUT2D eigenvalue weighted by molar-refractivity contribution is 0.485. The Labute approximate surface area is 60.9 Å². The van der Waals surface area contributed by atoms with Gasteiger partial charge in [-0.15, -0.1) is 0 Å². The van der Waals surface area contributed by atoms with Crippen LogP contribution in [0.25, 0.3) is 0 Å². The third kappa shape index (κ3) is 0.939. The molecule has 1 aliphatic carbocycles. The van der Waals surface area contributed by atoms with Crippen molar-refractivity contribution >= 4 is 0 Å². The molecule has 1 heterocycles. The average molecular weight is 136 g/mol. The Balaban J connectivity index is 2.11. The molecular formula is C8H12N2. The first-order valence-corrected chi connectivity index (χ1v) is 3.85. The molecule has 0 aliphatic heterocycles. The Morgan fingerprint density at radius 3 is 2.90 bits per heavy atom. The minimum atomic E-state index is 0.669. The van der Waals surface area contributed by atoms with Crippen LogP contribution in [0.5, 0.6) is 0 Å². The number of aromatic nitrogens is 2. The smallest absolute Gasteiger partial charge is 0.0948 e. The van der Waals surface area contributed by atoms with Gasteiger partial charge in [-0.2, -0.15) is 0 Å². The molecule has 0 amide bonds. The number of hydrogen-bond acceptors (Lipinski definition) is 1. The number of nitrogens with zero attached hydrogens (tertiary/aromatic N) is 2. The summed E-state index contributed by atoms with van der Waals surface area (Å²) >= 11 is 0. The maximum atomic E-state index is 4.02. The van der Waals surface area contributed by atoms with Crippen LogP contribution in [0, 0.1) is 5.92 Å². The van der Waals surface area contributed by atoms with Gasteiger partial charge in [-0.05, 0) is 25.7 Å². The van der Waals surface area contributed by atoms with Crippen molar-refractivity contribution in [2.24, 2.45) is 5.92 Å². The summed E-state index contributed by atoms with van der Waals surface area (Å²) < 4.78 is 2.19. The lowest BCUT2D eigenvalue weighted by atomic mass is 10.2. The van der Waals surface area contributed by atoms with E-state index in [1.54, 1.807) is 0 Å². The third-order valence-corrected chi connectivity index (χ3v) is 2.30. The molecule has 1 aromatic heterocycles. The summed E-state index contributed by atoms with van der Waals surface area (Å²) in [6, 6.07) is 0.669. The summed E-state index contributed by atoms with van der Waals surface area (Å²) in [7, 11) is 0. The van der Waals surface area contributed by atoms with Gasteiger partial charge in [0.25, 0.3) is 0 Å². The fraction of sp³-hybridized carbons (Fsp3) is 0.625. The molecule has 2 rings (SSSR count). The van der Waals surface area contributed by atoms with E-state index in [4.69, 9.17) is 0 Å². The Bertz CT molecular complexity index is 199. The SMILES string of the molecule is C[C@H](C1CC1)n1ccnc1. The molecule has 1 saturated carbocycles. The summed E-state index contributed by atoms with van der Waals surface area (Å²) in [5, 5.41) is 0. The summed E-state index contributed by atoms with van der Waals surface area (Å²) in [5.74, 6) is 0.925. The highest BCUT2D eigenvalue weighted by Gasteiger charge is 2.28. The zero-order chi connectivity index (χ0) is 6.97. The van der Waals surface area contributed by atoms with Gasteiger partial charge in [-0.1, -0.05) is 0 Å². The number of hydrogen-bond donors (Lipinski definition) is 0. The molecule has 1 fully saturated rings. The highest BCUT2D eigenvalue weighted by molar-refractivity contribution is 4.87. The summed E-state index contributed by atoms with van der Waals surface area (Å²) in [4.78, 5) is 4.02. The van der Waals surface area contributed by atoms with Crippen LogP contribution >= 0.6 is 0 Å². The molecule has 1 atom stereocenters. The largest absolute Gasteiger partial charge is 0.334 e. The van der Waals surface area contributed by atoms with Crippen LogP contribution in [-0.4, -0.2) is 9.55 Å². The van der Waals surface area contributed by atoms with Crippen LogP contribution in [0.15, 0.2) is 18.7 Å². The lowest BCUT2D eigenvalue weighted by Crippen LogP contribution is -2.03.